The van der Waals surface area contributed by atoms with Gasteiger partial charge in [-0.15, -0.1) is 0 Å². The van der Waals surface area contributed by atoms with E-state index in [0.29, 0.717) is 25.3 Å². The minimum atomic E-state index is -2.64. The van der Waals surface area contributed by atoms with Crippen LogP contribution in [0.1, 0.15) is 32.1 Å². The molecule has 0 bridgehead atoms. The van der Waals surface area contributed by atoms with Crippen molar-refractivity contribution in [1.29, 1.82) is 0 Å². The van der Waals surface area contributed by atoms with Crippen LogP contribution in [0.4, 0.5) is 19.0 Å². The zero-order valence-electron chi connectivity index (χ0n) is 13.4. The molecule has 3 heterocycles. The summed E-state index contributed by atoms with van der Waals surface area (Å²) in [5, 5.41) is 0. The second-order valence-corrected chi connectivity index (χ2v) is 6.57. The first-order valence-corrected chi connectivity index (χ1v) is 8.31. The first-order valence-electron chi connectivity index (χ1n) is 8.31. The lowest BCUT2D eigenvalue weighted by Gasteiger charge is -2.35. The van der Waals surface area contributed by atoms with Crippen molar-refractivity contribution in [2.24, 2.45) is 5.92 Å². The van der Waals surface area contributed by atoms with Crippen LogP contribution < -0.4 is 4.90 Å². The normalized spacial score (nSPS) is 21.8. The third-order valence-electron chi connectivity index (χ3n) is 4.87. The van der Waals surface area contributed by atoms with Crippen molar-refractivity contribution in [3.8, 4) is 0 Å². The number of nitrogens with zero attached hydrogens (tertiary/aromatic N) is 4. The molecule has 2 aliphatic rings. The number of carbonyl (C=O) groups excluding carboxylic acids is 1. The van der Waals surface area contributed by atoms with Crippen molar-refractivity contribution in [3.05, 3.63) is 18.3 Å². The molecule has 0 unspecified atom stereocenters. The molecule has 1 aromatic heterocycles. The van der Waals surface area contributed by atoms with Crippen LogP contribution in [-0.4, -0.2) is 52.9 Å². The first-order chi connectivity index (χ1) is 11.4. The van der Waals surface area contributed by atoms with E-state index in [-0.39, 0.29) is 37.8 Å². The molecule has 0 atom stereocenters. The van der Waals surface area contributed by atoms with Crippen molar-refractivity contribution < 1.29 is 18.0 Å². The lowest BCUT2D eigenvalue weighted by Crippen LogP contribution is -2.44. The van der Waals surface area contributed by atoms with Gasteiger partial charge in [-0.3, -0.25) is 4.79 Å². The van der Waals surface area contributed by atoms with Crippen LogP contribution in [0, 0.1) is 11.7 Å². The minimum absolute atomic E-state index is 0.0443. The molecule has 8 heteroatoms. The van der Waals surface area contributed by atoms with Gasteiger partial charge in [0.15, 0.2) is 11.6 Å². The third kappa shape index (κ3) is 3.96. The number of hydrogen-bond acceptors (Lipinski definition) is 4. The number of amides is 1. The molecule has 5 nitrogen and oxygen atoms in total. The van der Waals surface area contributed by atoms with Gasteiger partial charge in [0.1, 0.15) is 6.33 Å². The minimum Gasteiger partial charge on any atom is -0.354 e. The highest BCUT2D eigenvalue weighted by Gasteiger charge is 2.36. The Morgan fingerprint density at radius 2 is 1.88 bits per heavy atom. The highest BCUT2D eigenvalue weighted by molar-refractivity contribution is 5.76. The van der Waals surface area contributed by atoms with E-state index < -0.39 is 11.7 Å². The molecule has 24 heavy (non-hydrogen) atoms. The van der Waals surface area contributed by atoms with Gasteiger partial charge in [-0.25, -0.2) is 23.1 Å². The number of piperidine rings is 2. The number of rotatable bonds is 3. The van der Waals surface area contributed by atoms with Crippen molar-refractivity contribution >= 4 is 11.7 Å². The monoisotopic (exact) mass is 342 g/mol. The Balaban J connectivity index is 1.47. The topological polar surface area (TPSA) is 49.3 Å². The number of carbonyl (C=O) groups is 1. The second kappa shape index (κ2) is 6.94. The van der Waals surface area contributed by atoms with Crippen molar-refractivity contribution in [2.75, 3.05) is 31.1 Å². The molecule has 0 aliphatic carbocycles. The maximum atomic E-state index is 13.7. The fourth-order valence-corrected chi connectivity index (χ4v) is 3.35. The van der Waals surface area contributed by atoms with Crippen LogP contribution in [0.15, 0.2) is 12.5 Å². The molecule has 0 spiro atoms. The Morgan fingerprint density at radius 3 is 2.50 bits per heavy atom. The second-order valence-electron chi connectivity index (χ2n) is 6.57. The molecule has 0 N–H and O–H groups in total. The van der Waals surface area contributed by atoms with Gasteiger partial charge in [-0.1, -0.05) is 0 Å². The molecule has 0 radical (unpaired) electrons. The van der Waals surface area contributed by atoms with Gasteiger partial charge in [0.05, 0.1) is 6.20 Å². The summed E-state index contributed by atoms with van der Waals surface area (Å²) in [4.78, 5) is 23.3. The van der Waals surface area contributed by atoms with Crippen LogP contribution in [0.25, 0.3) is 0 Å². The Hall–Kier alpha value is -1.86. The largest absolute Gasteiger partial charge is 0.354 e. The number of aromatic nitrogens is 2. The Labute approximate surface area is 138 Å². The van der Waals surface area contributed by atoms with Gasteiger partial charge in [0.2, 0.25) is 5.91 Å². The number of halogens is 3. The summed E-state index contributed by atoms with van der Waals surface area (Å²) in [6.45, 7) is 1.53. The molecule has 2 saturated heterocycles. The van der Waals surface area contributed by atoms with Crippen LogP contribution in [-0.2, 0) is 4.79 Å². The van der Waals surface area contributed by atoms with Gasteiger partial charge in [0, 0.05) is 45.4 Å². The Kier molecular flexibility index (Phi) is 4.91. The van der Waals surface area contributed by atoms with E-state index in [9.17, 15) is 18.0 Å². The van der Waals surface area contributed by atoms with E-state index in [1.807, 2.05) is 4.90 Å². The molecule has 0 aromatic carbocycles. The van der Waals surface area contributed by atoms with Crippen LogP contribution >= 0.6 is 0 Å². The van der Waals surface area contributed by atoms with E-state index in [0.717, 1.165) is 19.0 Å². The van der Waals surface area contributed by atoms with Crippen LogP contribution in [0.3, 0.4) is 0 Å². The molecule has 2 aliphatic heterocycles. The molecule has 132 valence electrons. The smallest absolute Gasteiger partial charge is 0.251 e. The maximum Gasteiger partial charge on any atom is 0.251 e. The summed E-state index contributed by atoms with van der Waals surface area (Å²) in [6, 6.07) is 0. The van der Waals surface area contributed by atoms with Crippen molar-refractivity contribution in [2.45, 2.75) is 38.0 Å². The van der Waals surface area contributed by atoms with E-state index in [4.69, 9.17) is 0 Å². The SMILES string of the molecule is O=C(CC1CCN(c2ncncc2F)CC1)N1CCC(F)(F)CC1. The number of anilines is 1. The summed E-state index contributed by atoms with van der Waals surface area (Å²) < 4.78 is 40.0. The molecule has 2 fully saturated rings. The molecular weight excluding hydrogens is 321 g/mol. The quantitative estimate of drug-likeness (QED) is 0.847. The summed E-state index contributed by atoms with van der Waals surface area (Å²) in [7, 11) is 0. The highest BCUT2D eigenvalue weighted by atomic mass is 19.3. The fourth-order valence-electron chi connectivity index (χ4n) is 3.35. The van der Waals surface area contributed by atoms with Gasteiger partial charge in [-0.2, -0.15) is 0 Å². The maximum absolute atomic E-state index is 13.7. The molecule has 3 rings (SSSR count). The van der Waals surface area contributed by atoms with E-state index >= 15 is 0 Å². The summed E-state index contributed by atoms with van der Waals surface area (Å²) in [6.07, 6.45) is 3.88. The number of alkyl halides is 2. The standard InChI is InChI=1S/C16H21F3N4O/c17-13-10-20-11-21-15(13)23-5-1-12(2-6-23)9-14(24)22-7-3-16(18,19)4-8-22/h10-12H,1-9H2. The van der Waals surface area contributed by atoms with E-state index in [1.165, 1.54) is 6.33 Å². The van der Waals surface area contributed by atoms with Gasteiger partial charge in [0.25, 0.3) is 5.92 Å². The van der Waals surface area contributed by atoms with Gasteiger partial charge < -0.3 is 9.80 Å². The number of likely N-dealkylation sites (tertiary alicyclic amines) is 1. The zero-order valence-corrected chi connectivity index (χ0v) is 13.4. The molecule has 1 aromatic rings. The predicted octanol–water partition coefficient (Wildman–Crippen LogP) is 2.48. The molecule has 0 saturated carbocycles. The summed E-state index contributed by atoms with van der Waals surface area (Å²) in [5.41, 5.74) is 0. The lowest BCUT2D eigenvalue weighted by molar-refractivity contribution is -0.138. The van der Waals surface area contributed by atoms with Crippen LogP contribution in [0.2, 0.25) is 0 Å². The van der Waals surface area contributed by atoms with E-state index in [2.05, 4.69) is 9.97 Å². The van der Waals surface area contributed by atoms with E-state index in [1.54, 1.807) is 4.90 Å². The number of hydrogen-bond donors (Lipinski definition) is 0. The van der Waals surface area contributed by atoms with Gasteiger partial charge in [-0.05, 0) is 18.8 Å². The molecule has 1 amide bonds. The Morgan fingerprint density at radius 1 is 1.21 bits per heavy atom. The first kappa shape index (κ1) is 17.0. The van der Waals surface area contributed by atoms with Crippen molar-refractivity contribution in [3.63, 3.8) is 0 Å². The highest BCUT2D eigenvalue weighted by Crippen LogP contribution is 2.30. The lowest BCUT2D eigenvalue weighted by atomic mass is 9.92. The fraction of sp³-hybridized carbons (Fsp3) is 0.688. The average Bonchev–Trinajstić information content (AvgIpc) is 2.56. The summed E-state index contributed by atoms with van der Waals surface area (Å²) in [5.74, 6) is -2.61. The zero-order chi connectivity index (χ0) is 17.2. The van der Waals surface area contributed by atoms with Gasteiger partial charge >= 0.3 is 0 Å². The Bertz CT molecular complexity index is 580. The summed E-state index contributed by atoms with van der Waals surface area (Å²) >= 11 is 0. The third-order valence-corrected chi connectivity index (χ3v) is 4.87. The predicted molar refractivity (Wildman–Crippen MR) is 82.3 cm³/mol. The van der Waals surface area contributed by atoms with Crippen LogP contribution in [0.5, 0.6) is 0 Å². The van der Waals surface area contributed by atoms with Crippen molar-refractivity contribution in [1.82, 2.24) is 14.9 Å². The average molecular weight is 342 g/mol. The molecular formula is C16H21F3N4O.